The molecule has 0 radical (unpaired) electrons. The summed E-state index contributed by atoms with van der Waals surface area (Å²) < 4.78 is 10.8. The molecule has 0 spiro atoms. The van der Waals surface area contributed by atoms with Crippen LogP contribution < -0.4 is 21.3 Å². The van der Waals surface area contributed by atoms with Crippen LogP contribution in [0.2, 0.25) is 0 Å². The third-order valence-corrected chi connectivity index (χ3v) is 10.9. The lowest BCUT2D eigenvalue weighted by Crippen LogP contribution is -2.48. The van der Waals surface area contributed by atoms with Crippen LogP contribution >= 0.6 is 0 Å². The number of hydrogen-bond donors (Lipinski definition) is 4. The number of unbranched alkanes of at least 4 members (excludes halogenated alkanes) is 15. The van der Waals surface area contributed by atoms with Crippen LogP contribution in [-0.4, -0.2) is 49.2 Å². The number of hydrogen-bond acceptors (Lipinski definition) is 6. The number of carbonyl (C=O) groups excluding carboxylic acids is 4. The molecule has 4 N–H and O–H groups in total. The van der Waals surface area contributed by atoms with E-state index >= 15 is 0 Å². The van der Waals surface area contributed by atoms with Crippen molar-refractivity contribution in [1.29, 1.82) is 0 Å². The molecule has 0 fully saturated rings. The first-order chi connectivity index (χ1) is 30.5. The largest absolute Gasteiger partial charge is 0.445 e. The summed E-state index contributed by atoms with van der Waals surface area (Å²) in [5.41, 5.74) is 3.73. The smallest absolute Gasteiger partial charge is 0.408 e. The predicted molar refractivity (Wildman–Crippen MR) is 247 cm³/mol. The topological polar surface area (TPSA) is 135 Å². The Morgan fingerprint density at radius 1 is 0.355 bits per heavy atom. The van der Waals surface area contributed by atoms with E-state index in [-0.39, 0.29) is 25.0 Å². The second-order valence-electron chi connectivity index (χ2n) is 16.1. The van der Waals surface area contributed by atoms with Gasteiger partial charge in [0.2, 0.25) is 11.8 Å². The highest BCUT2D eigenvalue weighted by molar-refractivity contribution is 5.86. The summed E-state index contributed by atoms with van der Waals surface area (Å²) in [6.45, 7) is 1.48. The molecule has 0 saturated heterocycles. The molecule has 4 amide bonds. The summed E-state index contributed by atoms with van der Waals surface area (Å²) in [4.78, 5) is 51.3. The Morgan fingerprint density at radius 3 is 0.903 bits per heavy atom. The molecule has 0 saturated carbocycles. The van der Waals surface area contributed by atoms with Gasteiger partial charge in [0.15, 0.2) is 0 Å². The Morgan fingerprint density at radius 2 is 0.613 bits per heavy atom. The second kappa shape index (κ2) is 31.2. The van der Waals surface area contributed by atoms with Gasteiger partial charge in [-0.15, -0.1) is 0 Å². The van der Waals surface area contributed by atoms with Crippen LogP contribution in [0.1, 0.15) is 125 Å². The third-order valence-electron chi connectivity index (χ3n) is 10.9. The molecule has 0 unspecified atom stereocenters. The van der Waals surface area contributed by atoms with Crippen LogP contribution in [0.4, 0.5) is 9.59 Å². The highest BCUT2D eigenvalue weighted by Crippen LogP contribution is 2.14. The molecular formula is C52H70N4O6. The minimum atomic E-state index is -0.708. The lowest BCUT2D eigenvalue weighted by atomic mass is 10.0. The molecule has 0 aliphatic heterocycles. The standard InChI is InChI=1S/C52H70N4O6/c57-49(47(39-43-29-19-15-20-30-43)55-51(59)61-41-45-33-23-17-24-34-45)53-37-27-13-11-9-7-5-3-1-2-4-6-8-10-12-14-28-38-54-50(58)48(40-44-31-21-16-22-32-44)56-52(60)62-42-46-35-25-18-26-36-46/h15-26,29-36,47-48H,1-14,27-28,37-42H2,(H,53,57)(H,54,58)(H,55,59)(H,56,60)/t47-,48-/m0/s1. The summed E-state index contributed by atoms with van der Waals surface area (Å²) in [6.07, 6.45) is 18.6. The van der Waals surface area contributed by atoms with E-state index in [1.807, 2.05) is 121 Å². The van der Waals surface area contributed by atoms with Gasteiger partial charge in [0.25, 0.3) is 0 Å². The van der Waals surface area contributed by atoms with Gasteiger partial charge in [0, 0.05) is 25.9 Å². The molecule has 0 heterocycles. The number of ether oxygens (including phenoxy) is 2. The van der Waals surface area contributed by atoms with Gasteiger partial charge >= 0.3 is 12.2 Å². The highest BCUT2D eigenvalue weighted by Gasteiger charge is 2.23. The number of carbonyl (C=O) groups is 4. The van der Waals surface area contributed by atoms with Crippen LogP contribution in [0.25, 0.3) is 0 Å². The molecule has 10 nitrogen and oxygen atoms in total. The molecule has 10 heteroatoms. The van der Waals surface area contributed by atoms with Crippen molar-refractivity contribution in [2.24, 2.45) is 0 Å². The van der Waals surface area contributed by atoms with Crippen molar-refractivity contribution in [3.8, 4) is 0 Å². The number of rotatable bonds is 31. The Kier molecular flexibility index (Phi) is 24.7. The summed E-state index contributed by atoms with van der Waals surface area (Å²) >= 11 is 0. The Balaban J connectivity index is 0.942. The summed E-state index contributed by atoms with van der Waals surface area (Å²) in [5.74, 6) is -0.382. The zero-order valence-electron chi connectivity index (χ0n) is 36.7. The molecule has 4 aromatic carbocycles. The number of alkyl carbamates (subject to hydrolysis) is 2. The molecule has 334 valence electrons. The minimum absolute atomic E-state index is 0.150. The van der Waals surface area contributed by atoms with Crippen molar-refractivity contribution in [3.63, 3.8) is 0 Å². The number of nitrogens with one attached hydrogen (secondary N) is 4. The van der Waals surface area contributed by atoms with Gasteiger partial charge in [-0.2, -0.15) is 0 Å². The van der Waals surface area contributed by atoms with Crippen molar-refractivity contribution in [2.75, 3.05) is 13.1 Å². The van der Waals surface area contributed by atoms with E-state index in [0.29, 0.717) is 25.9 Å². The van der Waals surface area contributed by atoms with Gasteiger partial charge in [-0.05, 0) is 35.1 Å². The molecule has 0 bridgehead atoms. The average Bonchev–Trinajstić information content (AvgIpc) is 3.30. The first-order valence-corrected chi connectivity index (χ1v) is 23.0. The van der Waals surface area contributed by atoms with Gasteiger partial charge in [-0.1, -0.05) is 211 Å². The SMILES string of the molecule is O=C(N[C@@H](Cc1ccccc1)C(=O)NCCCCCCCCCCCCCCCCCCNC(=O)[C@H](Cc1ccccc1)NC(=O)OCc1ccccc1)OCc1ccccc1. The molecule has 0 aromatic heterocycles. The molecule has 4 rings (SSSR count). The Labute approximate surface area is 370 Å². The number of amides is 4. The summed E-state index contributed by atoms with van der Waals surface area (Å²) in [6, 6.07) is 37.0. The van der Waals surface area contributed by atoms with Crippen LogP contribution in [0.15, 0.2) is 121 Å². The Hall–Kier alpha value is -5.64. The quantitative estimate of drug-likeness (QED) is 0.0373. The van der Waals surface area contributed by atoms with Crippen LogP contribution in [0.3, 0.4) is 0 Å². The van der Waals surface area contributed by atoms with E-state index in [1.165, 1.54) is 64.2 Å². The highest BCUT2D eigenvalue weighted by atomic mass is 16.6. The fourth-order valence-electron chi connectivity index (χ4n) is 7.33. The Bertz CT molecular complexity index is 1660. The van der Waals surface area contributed by atoms with Gasteiger partial charge in [-0.25, -0.2) is 9.59 Å². The van der Waals surface area contributed by atoms with Crippen LogP contribution in [0, 0.1) is 0 Å². The van der Waals surface area contributed by atoms with E-state index in [4.69, 9.17) is 9.47 Å². The van der Waals surface area contributed by atoms with E-state index < -0.39 is 24.3 Å². The first-order valence-electron chi connectivity index (χ1n) is 23.0. The van der Waals surface area contributed by atoms with Crippen molar-refractivity contribution in [1.82, 2.24) is 21.3 Å². The van der Waals surface area contributed by atoms with E-state index in [9.17, 15) is 19.2 Å². The normalized spacial score (nSPS) is 11.8. The fraction of sp³-hybridized carbons (Fsp3) is 0.462. The first kappa shape index (κ1) is 49.0. The van der Waals surface area contributed by atoms with Gasteiger partial charge in [0.05, 0.1) is 0 Å². The second-order valence-corrected chi connectivity index (χ2v) is 16.1. The zero-order chi connectivity index (χ0) is 43.7. The van der Waals surface area contributed by atoms with E-state index in [2.05, 4.69) is 21.3 Å². The third kappa shape index (κ3) is 22.3. The molecule has 0 aliphatic rings. The van der Waals surface area contributed by atoms with Crippen molar-refractivity contribution < 1.29 is 28.7 Å². The molecule has 2 atom stereocenters. The maximum atomic E-state index is 13.1. The van der Waals surface area contributed by atoms with Crippen LogP contribution in [0.5, 0.6) is 0 Å². The minimum Gasteiger partial charge on any atom is -0.445 e. The van der Waals surface area contributed by atoms with E-state index in [1.54, 1.807) is 0 Å². The van der Waals surface area contributed by atoms with Gasteiger partial charge in [-0.3, -0.25) is 9.59 Å². The maximum Gasteiger partial charge on any atom is 0.408 e. The molecule has 62 heavy (non-hydrogen) atoms. The summed E-state index contributed by atoms with van der Waals surface area (Å²) in [7, 11) is 0. The summed E-state index contributed by atoms with van der Waals surface area (Å²) in [5, 5.41) is 11.6. The fourth-order valence-corrected chi connectivity index (χ4v) is 7.33. The van der Waals surface area contributed by atoms with Crippen molar-refractivity contribution >= 4 is 24.0 Å². The maximum absolute atomic E-state index is 13.1. The van der Waals surface area contributed by atoms with Gasteiger partial charge in [0.1, 0.15) is 25.3 Å². The lowest BCUT2D eigenvalue weighted by molar-refractivity contribution is -0.123. The van der Waals surface area contributed by atoms with Crippen LogP contribution in [-0.2, 0) is 45.1 Å². The lowest BCUT2D eigenvalue weighted by Gasteiger charge is -2.18. The monoisotopic (exact) mass is 847 g/mol. The predicted octanol–water partition coefficient (Wildman–Crippen LogP) is 10.5. The van der Waals surface area contributed by atoms with Crippen molar-refractivity contribution in [3.05, 3.63) is 144 Å². The average molecular weight is 847 g/mol. The number of benzene rings is 4. The molecule has 0 aliphatic carbocycles. The van der Waals surface area contributed by atoms with E-state index in [0.717, 1.165) is 60.8 Å². The molecule has 4 aromatic rings. The van der Waals surface area contributed by atoms with Gasteiger partial charge < -0.3 is 30.7 Å². The molecular weight excluding hydrogens is 777 g/mol. The van der Waals surface area contributed by atoms with Crippen molar-refractivity contribution in [2.45, 2.75) is 141 Å². The zero-order valence-corrected chi connectivity index (χ0v) is 36.7.